The van der Waals surface area contributed by atoms with Crippen molar-refractivity contribution in [2.75, 3.05) is 13.1 Å². The number of fused-ring (bicyclic) bond motifs is 1. The maximum absolute atomic E-state index is 13.0. The van der Waals surface area contributed by atoms with Gasteiger partial charge >= 0.3 is 5.97 Å². The second kappa shape index (κ2) is 8.21. The quantitative estimate of drug-likeness (QED) is 0.586. The molecule has 1 amide bonds. The first-order valence-electron chi connectivity index (χ1n) is 9.69. The van der Waals surface area contributed by atoms with Crippen LogP contribution < -0.4 is 0 Å². The van der Waals surface area contributed by atoms with Gasteiger partial charge in [-0.25, -0.2) is 9.78 Å². The Kier molecular flexibility index (Phi) is 5.49. The smallest absolute Gasteiger partial charge is 0.339 e. The average Bonchev–Trinajstić information content (AvgIpc) is 3.27. The highest BCUT2D eigenvalue weighted by Crippen LogP contribution is 2.30. The molecule has 6 heteroatoms. The lowest BCUT2D eigenvalue weighted by atomic mass is 10.0. The summed E-state index contributed by atoms with van der Waals surface area (Å²) < 4.78 is 5.55. The van der Waals surface area contributed by atoms with Crippen molar-refractivity contribution < 1.29 is 14.3 Å². The van der Waals surface area contributed by atoms with Gasteiger partial charge in [0.1, 0.15) is 0 Å². The molecule has 0 bridgehead atoms. The van der Waals surface area contributed by atoms with Gasteiger partial charge in [0.15, 0.2) is 6.10 Å². The van der Waals surface area contributed by atoms with Crippen molar-refractivity contribution in [1.82, 2.24) is 9.88 Å². The van der Waals surface area contributed by atoms with Crippen molar-refractivity contribution in [3.05, 3.63) is 65.2 Å². The largest absolute Gasteiger partial charge is 0.449 e. The number of aromatic nitrogens is 1. The normalized spacial score (nSPS) is 14.8. The highest BCUT2D eigenvalue weighted by atomic mass is 35.5. The molecule has 0 spiro atoms. The number of hydrogen-bond donors (Lipinski definition) is 0. The first-order chi connectivity index (χ1) is 14.0. The molecule has 1 saturated heterocycles. The standard InChI is InChI=1S/C23H21ClN2O3/c1-15(22(27)26-12-6-7-13-26)29-23(28)18-14-21(17-9-2-4-10-19(17)24)25-20-11-5-3-8-16(18)20/h2-5,8-11,14-15H,6-7,12-13H2,1H3/t15-/m1/s1. The summed E-state index contributed by atoms with van der Waals surface area (Å²) in [5.41, 5.74) is 2.34. The van der Waals surface area contributed by atoms with Gasteiger partial charge in [0.2, 0.25) is 0 Å². The summed E-state index contributed by atoms with van der Waals surface area (Å²) in [6.45, 7) is 3.06. The molecule has 0 saturated carbocycles. The molecule has 0 radical (unpaired) electrons. The molecule has 3 aromatic rings. The number of para-hydroxylation sites is 1. The van der Waals surface area contributed by atoms with E-state index in [9.17, 15) is 9.59 Å². The van der Waals surface area contributed by atoms with Gasteiger partial charge in [-0.1, -0.05) is 48.0 Å². The SMILES string of the molecule is C[C@@H](OC(=O)c1cc(-c2ccccc2Cl)nc2ccccc12)C(=O)N1CCCC1. The number of amides is 1. The molecule has 2 aromatic carbocycles. The number of carbonyl (C=O) groups is 2. The molecule has 0 aliphatic carbocycles. The molecule has 1 aliphatic rings. The van der Waals surface area contributed by atoms with Crippen LogP contribution in [0.25, 0.3) is 22.2 Å². The molecule has 2 heterocycles. The van der Waals surface area contributed by atoms with Crippen molar-refractivity contribution >= 4 is 34.4 Å². The number of halogens is 1. The van der Waals surface area contributed by atoms with Crippen LogP contribution in [0.15, 0.2) is 54.6 Å². The first kappa shape index (κ1) is 19.4. The van der Waals surface area contributed by atoms with Crippen LogP contribution in [0, 0.1) is 0 Å². The molecule has 1 aromatic heterocycles. The van der Waals surface area contributed by atoms with E-state index in [1.165, 1.54) is 0 Å². The van der Waals surface area contributed by atoms with E-state index in [0.717, 1.165) is 31.5 Å². The van der Waals surface area contributed by atoms with E-state index in [-0.39, 0.29) is 5.91 Å². The zero-order chi connectivity index (χ0) is 20.4. The summed E-state index contributed by atoms with van der Waals surface area (Å²) in [4.78, 5) is 31.9. The van der Waals surface area contributed by atoms with Crippen molar-refractivity contribution in [2.45, 2.75) is 25.9 Å². The summed E-state index contributed by atoms with van der Waals surface area (Å²) in [6, 6.07) is 16.4. The summed E-state index contributed by atoms with van der Waals surface area (Å²) >= 11 is 6.33. The van der Waals surface area contributed by atoms with E-state index in [4.69, 9.17) is 16.3 Å². The topological polar surface area (TPSA) is 59.5 Å². The fourth-order valence-corrected chi connectivity index (χ4v) is 3.85. The molecule has 1 aliphatic heterocycles. The van der Waals surface area contributed by atoms with Gasteiger partial charge in [-0.2, -0.15) is 0 Å². The highest BCUT2D eigenvalue weighted by molar-refractivity contribution is 6.33. The Morgan fingerprint density at radius 2 is 1.76 bits per heavy atom. The lowest BCUT2D eigenvalue weighted by Gasteiger charge is -2.20. The molecule has 5 nitrogen and oxygen atoms in total. The van der Waals surface area contributed by atoms with E-state index in [1.54, 1.807) is 24.0 Å². The fraction of sp³-hybridized carbons (Fsp3) is 0.261. The van der Waals surface area contributed by atoms with E-state index in [0.29, 0.717) is 27.2 Å². The van der Waals surface area contributed by atoms with Gasteiger partial charge in [-0.3, -0.25) is 4.79 Å². The average molecular weight is 409 g/mol. The molecule has 1 atom stereocenters. The predicted molar refractivity (Wildman–Crippen MR) is 113 cm³/mol. The Bertz CT molecular complexity index is 1080. The Balaban J connectivity index is 1.69. The van der Waals surface area contributed by atoms with Crippen LogP contribution in [-0.2, 0) is 9.53 Å². The number of likely N-dealkylation sites (tertiary alicyclic amines) is 1. The second-order valence-electron chi connectivity index (χ2n) is 7.13. The van der Waals surface area contributed by atoms with Crippen LogP contribution in [0.1, 0.15) is 30.1 Å². The van der Waals surface area contributed by atoms with Gasteiger partial charge in [-0.05, 0) is 38.0 Å². The lowest BCUT2D eigenvalue weighted by molar-refractivity contribution is -0.138. The van der Waals surface area contributed by atoms with Crippen LogP contribution >= 0.6 is 11.6 Å². The highest BCUT2D eigenvalue weighted by Gasteiger charge is 2.27. The van der Waals surface area contributed by atoms with Gasteiger partial charge in [0.05, 0.1) is 16.8 Å². The number of ether oxygens (including phenoxy) is 1. The monoisotopic (exact) mass is 408 g/mol. The first-order valence-corrected chi connectivity index (χ1v) is 10.1. The second-order valence-corrected chi connectivity index (χ2v) is 7.54. The lowest BCUT2D eigenvalue weighted by Crippen LogP contribution is -2.38. The molecule has 148 valence electrons. The number of rotatable bonds is 4. The Hall–Kier alpha value is -2.92. The van der Waals surface area contributed by atoms with Gasteiger partial charge in [0, 0.05) is 29.1 Å². The van der Waals surface area contributed by atoms with Crippen LogP contribution in [0.3, 0.4) is 0 Å². The molecule has 0 unspecified atom stereocenters. The molecular weight excluding hydrogens is 388 g/mol. The molecule has 29 heavy (non-hydrogen) atoms. The van der Waals surface area contributed by atoms with Gasteiger partial charge in [-0.15, -0.1) is 0 Å². The molecule has 4 rings (SSSR count). The maximum Gasteiger partial charge on any atom is 0.339 e. The van der Waals surface area contributed by atoms with E-state index in [2.05, 4.69) is 4.98 Å². The van der Waals surface area contributed by atoms with Crippen LogP contribution in [0.5, 0.6) is 0 Å². The number of esters is 1. The van der Waals surface area contributed by atoms with E-state index >= 15 is 0 Å². The summed E-state index contributed by atoms with van der Waals surface area (Å²) in [6.07, 6.45) is 1.14. The molecule has 1 fully saturated rings. The minimum absolute atomic E-state index is 0.152. The zero-order valence-electron chi connectivity index (χ0n) is 16.1. The van der Waals surface area contributed by atoms with Crippen LogP contribution in [-0.4, -0.2) is 41.0 Å². The summed E-state index contributed by atoms with van der Waals surface area (Å²) in [5, 5.41) is 1.22. The zero-order valence-corrected chi connectivity index (χ0v) is 16.9. The minimum Gasteiger partial charge on any atom is -0.449 e. The van der Waals surface area contributed by atoms with E-state index in [1.807, 2.05) is 42.5 Å². The predicted octanol–water partition coefficient (Wildman–Crippen LogP) is 4.72. The third kappa shape index (κ3) is 3.96. The fourth-order valence-electron chi connectivity index (χ4n) is 3.62. The van der Waals surface area contributed by atoms with Crippen LogP contribution in [0.4, 0.5) is 0 Å². The maximum atomic E-state index is 13.0. The number of benzene rings is 2. The molecular formula is C23H21ClN2O3. The number of hydrogen-bond acceptors (Lipinski definition) is 4. The van der Waals surface area contributed by atoms with Gasteiger partial charge in [0.25, 0.3) is 5.91 Å². The Morgan fingerprint density at radius 1 is 1.07 bits per heavy atom. The van der Waals surface area contributed by atoms with Gasteiger partial charge < -0.3 is 9.64 Å². The number of carbonyl (C=O) groups excluding carboxylic acids is 2. The Labute approximate surface area is 174 Å². The third-order valence-corrected chi connectivity index (χ3v) is 5.46. The van der Waals surface area contributed by atoms with Crippen molar-refractivity contribution in [1.29, 1.82) is 0 Å². The Morgan fingerprint density at radius 3 is 2.52 bits per heavy atom. The number of pyridine rings is 1. The van der Waals surface area contributed by atoms with Crippen LogP contribution in [0.2, 0.25) is 5.02 Å². The third-order valence-electron chi connectivity index (χ3n) is 5.14. The van der Waals surface area contributed by atoms with E-state index < -0.39 is 12.1 Å². The molecule has 0 N–H and O–H groups in total. The van der Waals surface area contributed by atoms with Crippen molar-refractivity contribution in [2.24, 2.45) is 0 Å². The van der Waals surface area contributed by atoms with Crippen molar-refractivity contribution in [3.8, 4) is 11.3 Å². The summed E-state index contributed by atoms with van der Waals surface area (Å²) in [7, 11) is 0. The number of nitrogens with zero attached hydrogens (tertiary/aromatic N) is 2. The van der Waals surface area contributed by atoms with Crippen molar-refractivity contribution in [3.63, 3.8) is 0 Å². The minimum atomic E-state index is -0.837. The summed E-state index contributed by atoms with van der Waals surface area (Å²) in [5.74, 6) is -0.697.